The molecule has 0 amide bonds. The number of ether oxygens (including phenoxy) is 1. The largest absolute Gasteiger partial charge is 0.457 e. The molecule has 0 unspecified atom stereocenters. The molecule has 2 rings (SSSR count). The van der Waals surface area contributed by atoms with E-state index in [1.807, 2.05) is 30.3 Å². The molecule has 0 N–H and O–H groups in total. The number of esters is 1. The van der Waals surface area contributed by atoms with Gasteiger partial charge in [0.1, 0.15) is 6.61 Å². The molecular weight excluding hydrogens is 304 g/mol. The molecule has 19 heavy (non-hydrogen) atoms. The predicted molar refractivity (Wildman–Crippen MR) is 77.6 cm³/mol. The molecule has 2 nitrogen and oxygen atoms in total. The Kier molecular flexibility index (Phi) is 4.38. The third-order valence-electron chi connectivity index (χ3n) is 2.57. The highest BCUT2D eigenvalue weighted by molar-refractivity contribution is 9.10. The summed E-state index contributed by atoms with van der Waals surface area (Å²) < 4.78 is 6.08. The average molecular weight is 315 g/mol. The van der Waals surface area contributed by atoms with Crippen LogP contribution in [0.2, 0.25) is 0 Å². The number of hydrogen-bond acceptors (Lipinski definition) is 2. The van der Waals surface area contributed by atoms with Crippen molar-refractivity contribution in [2.75, 3.05) is 0 Å². The van der Waals surface area contributed by atoms with Crippen LogP contribution < -0.4 is 0 Å². The van der Waals surface area contributed by atoms with Crippen LogP contribution >= 0.6 is 15.9 Å². The molecule has 2 aromatic rings. The van der Waals surface area contributed by atoms with Gasteiger partial charge in [-0.15, -0.1) is 6.42 Å². The van der Waals surface area contributed by atoms with Gasteiger partial charge in [0.25, 0.3) is 0 Å². The lowest BCUT2D eigenvalue weighted by atomic mass is 10.1. The van der Waals surface area contributed by atoms with E-state index in [1.54, 1.807) is 18.2 Å². The summed E-state index contributed by atoms with van der Waals surface area (Å²) in [5.41, 5.74) is 1.87. The van der Waals surface area contributed by atoms with Crippen molar-refractivity contribution in [2.45, 2.75) is 6.61 Å². The fourth-order valence-electron chi connectivity index (χ4n) is 1.61. The molecule has 0 fully saturated rings. The Labute approximate surface area is 120 Å². The monoisotopic (exact) mass is 314 g/mol. The molecule has 3 heteroatoms. The van der Waals surface area contributed by atoms with Gasteiger partial charge in [-0.1, -0.05) is 52.2 Å². The first-order valence-electron chi connectivity index (χ1n) is 5.68. The summed E-state index contributed by atoms with van der Waals surface area (Å²) in [6, 6.07) is 14.7. The van der Waals surface area contributed by atoms with Gasteiger partial charge in [0.05, 0.1) is 5.56 Å². The molecule has 0 aromatic heterocycles. The predicted octanol–water partition coefficient (Wildman–Crippen LogP) is 3.79. The summed E-state index contributed by atoms with van der Waals surface area (Å²) in [5.74, 6) is 2.07. The van der Waals surface area contributed by atoms with Gasteiger partial charge in [-0.05, 0) is 23.8 Å². The van der Waals surface area contributed by atoms with E-state index in [0.29, 0.717) is 11.1 Å². The Bertz CT molecular complexity index is 627. The van der Waals surface area contributed by atoms with Crippen LogP contribution in [0.1, 0.15) is 21.5 Å². The summed E-state index contributed by atoms with van der Waals surface area (Å²) in [5, 5.41) is 0. The van der Waals surface area contributed by atoms with Crippen molar-refractivity contribution in [1.82, 2.24) is 0 Å². The summed E-state index contributed by atoms with van der Waals surface area (Å²) in [7, 11) is 0. The second-order valence-corrected chi connectivity index (χ2v) is 4.81. The van der Waals surface area contributed by atoms with E-state index >= 15 is 0 Å². The van der Waals surface area contributed by atoms with Gasteiger partial charge in [0.2, 0.25) is 0 Å². The third kappa shape index (κ3) is 3.46. The second-order valence-electron chi connectivity index (χ2n) is 3.90. The third-order valence-corrected chi connectivity index (χ3v) is 3.06. The van der Waals surface area contributed by atoms with Crippen LogP contribution in [0.15, 0.2) is 53.0 Å². The van der Waals surface area contributed by atoms with Crippen LogP contribution in [-0.4, -0.2) is 5.97 Å². The Morgan fingerprint density at radius 3 is 2.63 bits per heavy atom. The summed E-state index contributed by atoms with van der Waals surface area (Å²) in [4.78, 5) is 12.0. The number of rotatable bonds is 3. The van der Waals surface area contributed by atoms with Gasteiger partial charge in [-0.25, -0.2) is 4.79 Å². The topological polar surface area (TPSA) is 26.3 Å². The zero-order chi connectivity index (χ0) is 13.7. The highest BCUT2D eigenvalue weighted by Crippen LogP contribution is 2.17. The zero-order valence-electron chi connectivity index (χ0n) is 10.1. The first-order chi connectivity index (χ1) is 9.20. The Morgan fingerprint density at radius 1 is 1.21 bits per heavy atom. The maximum Gasteiger partial charge on any atom is 0.339 e. The smallest absolute Gasteiger partial charge is 0.339 e. The molecule has 0 aliphatic rings. The maximum atomic E-state index is 12.0. The molecule has 0 aliphatic heterocycles. The summed E-state index contributed by atoms with van der Waals surface area (Å²) in [6.07, 6.45) is 5.39. The molecule has 0 bridgehead atoms. The minimum Gasteiger partial charge on any atom is -0.457 e. The second kappa shape index (κ2) is 6.21. The lowest BCUT2D eigenvalue weighted by Crippen LogP contribution is -2.07. The molecule has 0 saturated carbocycles. The molecule has 0 spiro atoms. The van der Waals surface area contributed by atoms with Gasteiger partial charge in [0.15, 0.2) is 0 Å². The summed E-state index contributed by atoms with van der Waals surface area (Å²) >= 11 is 3.31. The number of terminal acetylenes is 1. The lowest BCUT2D eigenvalue weighted by molar-refractivity contribution is 0.0472. The standard InChI is InChI=1S/C16H11BrO2/c1-2-13-10-14(17)8-9-15(13)16(18)19-11-12-6-4-3-5-7-12/h1,3-10H,11H2. The van der Waals surface area contributed by atoms with Gasteiger partial charge in [-0.3, -0.25) is 0 Å². The number of hydrogen-bond donors (Lipinski definition) is 0. The van der Waals surface area contributed by atoms with Gasteiger partial charge in [0, 0.05) is 10.0 Å². The Balaban J connectivity index is 2.11. The van der Waals surface area contributed by atoms with Crippen molar-refractivity contribution < 1.29 is 9.53 Å². The number of halogens is 1. The van der Waals surface area contributed by atoms with Crippen LogP contribution in [0.5, 0.6) is 0 Å². The minimum atomic E-state index is -0.413. The van der Waals surface area contributed by atoms with E-state index in [1.165, 1.54) is 0 Å². The quantitative estimate of drug-likeness (QED) is 0.636. The van der Waals surface area contributed by atoms with Gasteiger partial charge < -0.3 is 4.74 Å². The normalized spacial score (nSPS) is 9.68. The van der Waals surface area contributed by atoms with Crippen LogP contribution in [-0.2, 0) is 11.3 Å². The van der Waals surface area contributed by atoms with E-state index in [9.17, 15) is 4.79 Å². The minimum absolute atomic E-state index is 0.236. The van der Waals surface area contributed by atoms with Crippen molar-refractivity contribution in [1.29, 1.82) is 0 Å². The fourth-order valence-corrected chi connectivity index (χ4v) is 1.98. The van der Waals surface area contributed by atoms with E-state index in [4.69, 9.17) is 11.2 Å². The number of benzene rings is 2. The average Bonchev–Trinajstić information content (AvgIpc) is 2.45. The van der Waals surface area contributed by atoms with Crippen molar-refractivity contribution >= 4 is 21.9 Å². The van der Waals surface area contributed by atoms with Gasteiger partial charge >= 0.3 is 5.97 Å². The van der Waals surface area contributed by atoms with Crippen LogP contribution in [0.4, 0.5) is 0 Å². The van der Waals surface area contributed by atoms with E-state index < -0.39 is 5.97 Å². The number of carbonyl (C=O) groups is 1. The van der Waals surface area contributed by atoms with E-state index in [-0.39, 0.29) is 6.61 Å². The molecule has 0 radical (unpaired) electrons. The van der Waals surface area contributed by atoms with Crippen LogP contribution in [0.3, 0.4) is 0 Å². The number of carbonyl (C=O) groups excluding carboxylic acids is 1. The zero-order valence-corrected chi connectivity index (χ0v) is 11.7. The van der Waals surface area contributed by atoms with E-state index in [2.05, 4.69) is 21.9 Å². The Hall–Kier alpha value is -2.05. The van der Waals surface area contributed by atoms with Crippen LogP contribution in [0.25, 0.3) is 0 Å². The molecule has 94 valence electrons. The molecule has 0 saturated heterocycles. The van der Waals surface area contributed by atoms with Crippen LogP contribution in [0, 0.1) is 12.3 Å². The fraction of sp³-hybridized carbons (Fsp3) is 0.0625. The Morgan fingerprint density at radius 2 is 1.95 bits per heavy atom. The van der Waals surface area contributed by atoms with Crippen molar-refractivity contribution in [3.8, 4) is 12.3 Å². The molecule has 0 aliphatic carbocycles. The molecule has 0 heterocycles. The first-order valence-corrected chi connectivity index (χ1v) is 6.47. The molecule has 0 atom stereocenters. The summed E-state index contributed by atoms with van der Waals surface area (Å²) in [6.45, 7) is 0.236. The molecular formula is C16H11BrO2. The first kappa shape index (κ1) is 13.4. The van der Waals surface area contributed by atoms with Crippen molar-refractivity contribution in [2.24, 2.45) is 0 Å². The van der Waals surface area contributed by atoms with Crippen molar-refractivity contribution in [3.05, 3.63) is 69.7 Å². The van der Waals surface area contributed by atoms with Crippen molar-refractivity contribution in [3.63, 3.8) is 0 Å². The molecule has 2 aromatic carbocycles. The SMILES string of the molecule is C#Cc1cc(Br)ccc1C(=O)OCc1ccccc1. The van der Waals surface area contributed by atoms with Gasteiger partial charge in [-0.2, -0.15) is 0 Å². The maximum absolute atomic E-state index is 12.0. The lowest BCUT2D eigenvalue weighted by Gasteiger charge is -2.07. The van der Waals surface area contributed by atoms with E-state index in [0.717, 1.165) is 10.0 Å². The highest BCUT2D eigenvalue weighted by Gasteiger charge is 2.12. The highest BCUT2D eigenvalue weighted by atomic mass is 79.9.